The van der Waals surface area contributed by atoms with E-state index in [9.17, 15) is 14.4 Å². The number of allylic oxidation sites excluding steroid dienone is 16. The molecule has 0 spiro atoms. The van der Waals surface area contributed by atoms with Crippen molar-refractivity contribution in [3.05, 3.63) is 97.2 Å². The maximum absolute atomic E-state index is 12.8. The first-order valence-electron chi connectivity index (χ1n) is 27.7. The van der Waals surface area contributed by atoms with Gasteiger partial charge in [-0.3, -0.25) is 14.4 Å². The third-order valence-electron chi connectivity index (χ3n) is 11.6. The highest BCUT2D eigenvalue weighted by atomic mass is 16.6. The second-order valence-electron chi connectivity index (χ2n) is 18.1. The van der Waals surface area contributed by atoms with Crippen LogP contribution in [0.2, 0.25) is 0 Å². The molecule has 1 atom stereocenters. The number of unbranched alkanes of at least 4 members (excludes halogenated alkanes) is 22. The van der Waals surface area contributed by atoms with Crippen LogP contribution in [0.25, 0.3) is 0 Å². The third kappa shape index (κ3) is 53.2. The monoisotopic (exact) mass is 931 g/mol. The van der Waals surface area contributed by atoms with E-state index in [2.05, 4.69) is 118 Å². The highest BCUT2D eigenvalue weighted by Gasteiger charge is 2.19. The number of carbonyl (C=O) groups excluding carboxylic acids is 3. The lowest BCUT2D eigenvalue weighted by atomic mass is 10.0. The SMILES string of the molecule is CC/C=C\C/C=C\C/C=C\C/C=C\C/C=C\CCCC(=O)O[C@H](COC(=O)CCCCCCC/C=C\C/C=C\C/C=C\CC)COC(=O)CCCCCCCCCCCCCCCCCCC. The van der Waals surface area contributed by atoms with Gasteiger partial charge in [0.2, 0.25) is 0 Å². The summed E-state index contributed by atoms with van der Waals surface area (Å²) in [4.78, 5) is 38.1. The van der Waals surface area contributed by atoms with Crippen LogP contribution in [-0.4, -0.2) is 37.2 Å². The second-order valence-corrected chi connectivity index (χ2v) is 18.1. The molecule has 0 aromatic heterocycles. The normalized spacial score (nSPS) is 12.8. The first-order valence-corrected chi connectivity index (χ1v) is 27.7. The Morgan fingerprint density at radius 3 is 0.955 bits per heavy atom. The number of carbonyl (C=O) groups is 3. The van der Waals surface area contributed by atoms with Crippen molar-refractivity contribution >= 4 is 17.9 Å². The number of hydrogen-bond donors (Lipinski definition) is 0. The molecule has 0 unspecified atom stereocenters. The summed E-state index contributed by atoms with van der Waals surface area (Å²) in [6, 6.07) is 0. The molecule has 0 aliphatic carbocycles. The van der Waals surface area contributed by atoms with Crippen molar-refractivity contribution in [2.75, 3.05) is 13.2 Å². The predicted octanol–water partition coefficient (Wildman–Crippen LogP) is 18.5. The Morgan fingerprint density at radius 2 is 0.597 bits per heavy atom. The van der Waals surface area contributed by atoms with Crippen molar-refractivity contribution in [1.29, 1.82) is 0 Å². The molecule has 0 fully saturated rings. The fourth-order valence-corrected chi connectivity index (χ4v) is 7.49. The molecule has 0 rings (SSSR count). The highest BCUT2D eigenvalue weighted by Crippen LogP contribution is 2.15. The van der Waals surface area contributed by atoms with Crippen molar-refractivity contribution in [1.82, 2.24) is 0 Å². The van der Waals surface area contributed by atoms with E-state index in [1.807, 2.05) is 0 Å². The third-order valence-corrected chi connectivity index (χ3v) is 11.6. The molecule has 0 heterocycles. The topological polar surface area (TPSA) is 78.9 Å². The Balaban J connectivity index is 4.49. The zero-order chi connectivity index (χ0) is 48.6. The molecule has 0 saturated carbocycles. The number of rotatable bonds is 49. The molecule has 0 aromatic rings. The summed E-state index contributed by atoms with van der Waals surface area (Å²) in [5, 5.41) is 0. The first kappa shape index (κ1) is 63.3. The molecule has 0 bridgehead atoms. The molecule has 0 amide bonds. The average molecular weight is 931 g/mol. The maximum atomic E-state index is 12.8. The van der Waals surface area contributed by atoms with E-state index >= 15 is 0 Å². The Morgan fingerprint density at radius 1 is 0.313 bits per heavy atom. The lowest BCUT2D eigenvalue weighted by molar-refractivity contribution is -0.167. The fraction of sp³-hybridized carbons (Fsp3) is 0.689. The van der Waals surface area contributed by atoms with Gasteiger partial charge in [0, 0.05) is 19.3 Å². The minimum Gasteiger partial charge on any atom is -0.462 e. The van der Waals surface area contributed by atoms with Gasteiger partial charge in [0.05, 0.1) is 0 Å². The Kier molecular flexibility index (Phi) is 51.9. The van der Waals surface area contributed by atoms with Gasteiger partial charge in [-0.05, 0) is 89.9 Å². The van der Waals surface area contributed by atoms with Gasteiger partial charge in [0.25, 0.3) is 0 Å². The largest absolute Gasteiger partial charge is 0.462 e. The standard InChI is InChI=1S/C61H102O6/c1-4-7-10-13-16-19-22-25-28-30-33-36-39-42-45-48-51-54-60(63)66-57-58(56-65-59(62)53-50-47-44-41-38-35-32-27-24-21-18-15-12-9-6-3)67-61(64)55-52-49-46-43-40-37-34-31-29-26-23-20-17-14-11-8-5-2/h8-9,11-12,17-18,20-21,26-27,29,32,34,37,43,46,58H,4-7,10,13-16,19,22-25,28,30-31,33,35-36,38-42,44-45,47-57H2,1-3H3/b11-8-,12-9-,20-17-,21-18-,29-26-,32-27-,37-34-,46-43-/t58-/m1/s1. The van der Waals surface area contributed by atoms with E-state index in [4.69, 9.17) is 14.2 Å². The van der Waals surface area contributed by atoms with Crippen LogP contribution in [0.4, 0.5) is 0 Å². The molecule has 0 aromatic carbocycles. The molecule has 0 radical (unpaired) electrons. The zero-order valence-corrected chi connectivity index (χ0v) is 43.6. The number of hydrogen-bond acceptors (Lipinski definition) is 6. The quantitative estimate of drug-likeness (QED) is 0.0262. The molecular weight excluding hydrogens is 829 g/mol. The second kappa shape index (κ2) is 54.9. The van der Waals surface area contributed by atoms with Crippen LogP contribution in [0, 0.1) is 0 Å². The van der Waals surface area contributed by atoms with E-state index in [1.165, 1.54) is 89.9 Å². The summed E-state index contributed by atoms with van der Waals surface area (Å²) in [6.45, 7) is 6.36. The smallest absolute Gasteiger partial charge is 0.306 e. The van der Waals surface area contributed by atoms with E-state index in [0.717, 1.165) is 116 Å². The van der Waals surface area contributed by atoms with E-state index in [1.54, 1.807) is 0 Å². The number of ether oxygens (including phenoxy) is 3. The van der Waals surface area contributed by atoms with E-state index in [0.29, 0.717) is 19.3 Å². The van der Waals surface area contributed by atoms with E-state index in [-0.39, 0.29) is 37.5 Å². The minimum atomic E-state index is -0.814. The van der Waals surface area contributed by atoms with Gasteiger partial charge in [-0.2, -0.15) is 0 Å². The van der Waals surface area contributed by atoms with Crippen LogP contribution in [0.15, 0.2) is 97.2 Å². The highest BCUT2D eigenvalue weighted by molar-refractivity contribution is 5.71. The molecule has 0 N–H and O–H groups in total. The minimum absolute atomic E-state index is 0.105. The van der Waals surface area contributed by atoms with Gasteiger partial charge >= 0.3 is 17.9 Å². The molecule has 67 heavy (non-hydrogen) atoms. The predicted molar refractivity (Wildman–Crippen MR) is 288 cm³/mol. The van der Waals surface area contributed by atoms with Crippen molar-refractivity contribution < 1.29 is 28.6 Å². The maximum Gasteiger partial charge on any atom is 0.306 e. The Bertz CT molecular complexity index is 1350. The summed E-state index contributed by atoms with van der Waals surface area (Å²) in [7, 11) is 0. The molecule has 6 nitrogen and oxygen atoms in total. The van der Waals surface area contributed by atoms with Gasteiger partial charge in [-0.1, -0.05) is 240 Å². The van der Waals surface area contributed by atoms with Crippen molar-refractivity contribution in [3.63, 3.8) is 0 Å². The van der Waals surface area contributed by atoms with E-state index < -0.39 is 6.10 Å². The Hall–Kier alpha value is -3.67. The summed E-state index contributed by atoms with van der Waals surface area (Å²) >= 11 is 0. The molecule has 0 saturated heterocycles. The summed E-state index contributed by atoms with van der Waals surface area (Å²) in [5.41, 5.74) is 0. The lowest BCUT2D eigenvalue weighted by Gasteiger charge is -2.18. The summed E-state index contributed by atoms with van der Waals surface area (Å²) in [5.74, 6) is -0.978. The average Bonchev–Trinajstić information content (AvgIpc) is 3.33. The van der Waals surface area contributed by atoms with Crippen LogP contribution >= 0.6 is 0 Å². The Labute approximate surface area is 413 Å². The van der Waals surface area contributed by atoms with Crippen molar-refractivity contribution in [2.24, 2.45) is 0 Å². The van der Waals surface area contributed by atoms with Crippen molar-refractivity contribution in [2.45, 2.75) is 258 Å². The molecular formula is C61H102O6. The van der Waals surface area contributed by atoms with Gasteiger partial charge in [0.1, 0.15) is 13.2 Å². The summed E-state index contributed by atoms with van der Waals surface area (Å²) in [6.07, 6.45) is 72.6. The van der Waals surface area contributed by atoms with Gasteiger partial charge in [-0.25, -0.2) is 0 Å². The summed E-state index contributed by atoms with van der Waals surface area (Å²) < 4.78 is 16.8. The van der Waals surface area contributed by atoms with Gasteiger partial charge in [-0.15, -0.1) is 0 Å². The molecule has 0 aliphatic rings. The van der Waals surface area contributed by atoms with Crippen LogP contribution in [0.3, 0.4) is 0 Å². The van der Waals surface area contributed by atoms with Gasteiger partial charge in [0.15, 0.2) is 6.10 Å². The van der Waals surface area contributed by atoms with Crippen LogP contribution < -0.4 is 0 Å². The van der Waals surface area contributed by atoms with Crippen LogP contribution in [0.1, 0.15) is 252 Å². The molecule has 6 heteroatoms. The van der Waals surface area contributed by atoms with Crippen LogP contribution in [0.5, 0.6) is 0 Å². The van der Waals surface area contributed by atoms with Crippen LogP contribution in [-0.2, 0) is 28.6 Å². The lowest BCUT2D eigenvalue weighted by Crippen LogP contribution is -2.30. The molecule has 382 valence electrons. The zero-order valence-electron chi connectivity index (χ0n) is 43.6. The molecule has 0 aliphatic heterocycles. The van der Waals surface area contributed by atoms with Gasteiger partial charge < -0.3 is 14.2 Å². The van der Waals surface area contributed by atoms with Crippen molar-refractivity contribution in [3.8, 4) is 0 Å². The fourth-order valence-electron chi connectivity index (χ4n) is 7.49. The number of esters is 3. The first-order chi connectivity index (χ1) is 33.0.